The number of Topliss-reactive ketones (excluding diaryl/α,β-unsaturated/α-hetero) is 2. The third-order valence-electron chi connectivity index (χ3n) is 11.3. The molecule has 1 aromatic heterocycles. The Morgan fingerprint density at radius 2 is 1.86 bits per heavy atom. The Balaban J connectivity index is 1.29. The molecule has 2 aromatic rings. The molecule has 6 rings (SSSR count). The number of hydrogen-bond acceptors (Lipinski definition) is 4. The van der Waals surface area contributed by atoms with E-state index in [1.165, 1.54) is 12.5 Å². The smallest absolute Gasteiger partial charge is 0.226 e. The number of amides is 1. The Bertz CT molecular complexity index is 1300. The first-order chi connectivity index (χ1) is 20.3. The van der Waals surface area contributed by atoms with Crippen LogP contribution in [0.25, 0.3) is 10.9 Å². The molecular weight excluding hydrogens is 529 g/mol. The number of fused-ring (bicyclic) bond motifs is 2. The van der Waals surface area contributed by atoms with Crippen molar-refractivity contribution in [3.05, 3.63) is 35.8 Å². The summed E-state index contributed by atoms with van der Waals surface area (Å²) >= 11 is 0. The topological polar surface area (TPSA) is 82.3 Å². The van der Waals surface area contributed by atoms with E-state index in [1.54, 1.807) is 6.07 Å². The first-order valence-electron chi connectivity index (χ1n) is 16.6. The molecule has 42 heavy (non-hydrogen) atoms. The lowest BCUT2D eigenvalue weighted by Gasteiger charge is -2.43. The molecule has 6 nitrogen and oxygen atoms in total. The largest absolute Gasteiger partial charge is 0.361 e. The molecule has 1 aromatic carbocycles. The maximum absolute atomic E-state index is 14.6. The summed E-state index contributed by atoms with van der Waals surface area (Å²) in [4.78, 5) is 45.8. The fourth-order valence-electron chi connectivity index (χ4n) is 8.71. The van der Waals surface area contributed by atoms with Crippen LogP contribution >= 0.6 is 0 Å². The lowest BCUT2D eigenvalue weighted by atomic mass is 9.68. The molecule has 0 bridgehead atoms. The highest BCUT2D eigenvalue weighted by Crippen LogP contribution is 2.50. The van der Waals surface area contributed by atoms with Gasteiger partial charge in [-0.2, -0.15) is 0 Å². The minimum atomic E-state index is -0.263. The second kappa shape index (κ2) is 12.6. The van der Waals surface area contributed by atoms with E-state index in [0.717, 1.165) is 80.8 Å². The molecule has 2 N–H and O–H groups in total. The Kier molecular flexibility index (Phi) is 8.85. The predicted octanol–water partition coefficient (Wildman–Crippen LogP) is 6.54. The van der Waals surface area contributed by atoms with Crippen molar-refractivity contribution in [2.24, 2.45) is 29.6 Å². The average molecular weight is 578 g/mol. The Morgan fingerprint density at radius 3 is 2.60 bits per heavy atom. The number of aromatic nitrogens is 1. The third-order valence-corrected chi connectivity index (χ3v) is 11.3. The van der Waals surface area contributed by atoms with Gasteiger partial charge in [-0.05, 0) is 107 Å². The van der Waals surface area contributed by atoms with Crippen molar-refractivity contribution in [1.29, 1.82) is 0 Å². The molecule has 4 fully saturated rings. The normalized spacial score (nSPS) is 28.0. The molecule has 1 aliphatic heterocycles. The summed E-state index contributed by atoms with van der Waals surface area (Å²) in [6.45, 7) is 2.64. The van der Waals surface area contributed by atoms with Crippen molar-refractivity contribution >= 4 is 28.4 Å². The van der Waals surface area contributed by atoms with Crippen LogP contribution in [0.15, 0.2) is 24.4 Å². The van der Waals surface area contributed by atoms with E-state index in [2.05, 4.69) is 15.2 Å². The molecule has 228 valence electrons. The van der Waals surface area contributed by atoms with Crippen molar-refractivity contribution in [2.75, 3.05) is 13.6 Å². The number of likely N-dealkylation sites (N-methyl/N-ethyl adjacent to an activating group) is 1. The highest BCUT2D eigenvalue weighted by molar-refractivity contribution is 5.86. The number of H-pyrrole nitrogens is 1. The van der Waals surface area contributed by atoms with E-state index in [0.29, 0.717) is 42.8 Å². The van der Waals surface area contributed by atoms with Crippen LogP contribution in [-0.4, -0.2) is 53.0 Å². The SMILES string of the molecule is CNC(C)C(=O)CCC(C(=O)N1CCC2CC(CC(=O)C3CC3)CC(c3c[nH]c4cc(F)ccc34)C21)C1CCCCC1. The van der Waals surface area contributed by atoms with E-state index >= 15 is 0 Å². The van der Waals surface area contributed by atoms with E-state index in [-0.39, 0.29) is 47.3 Å². The monoisotopic (exact) mass is 577 g/mol. The van der Waals surface area contributed by atoms with Gasteiger partial charge in [0.25, 0.3) is 0 Å². The molecular formula is C35H48FN3O3. The zero-order valence-corrected chi connectivity index (χ0v) is 25.4. The molecule has 1 amide bonds. The highest BCUT2D eigenvalue weighted by atomic mass is 19.1. The number of hydrogen-bond donors (Lipinski definition) is 2. The van der Waals surface area contributed by atoms with Gasteiger partial charge >= 0.3 is 0 Å². The first-order valence-corrected chi connectivity index (χ1v) is 16.6. The number of halogens is 1. The molecule has 1 saturated heterocycles. The van der Waals surface area contributed by atoms with Gasteiger partial charge in [0.15, 0.2) is 0 Å². The maximum atomic E-state index is 14.6. The number of carbonyl (C=O) groups excluding carboxylic acids is 3. The zero-order chi connectivity index (χ0) is 29.4. The number of nitrogens with one attached hydrogen (secondary N) is 2. The molecule has 4 aliphatic rings. The summed E-state index contributed by atoms with van der Waals surface area (Å²) in [5.41, 5.74) is 1.93. The molecule has 0 spiro atoms. The molecule has 7 heteroatoms. The quantitative estimate of drug-likeness (QED) is 0.318. The van der Waals surface area contributed by atoms with Gasteiger partial charge in [-0.15, -0.1) is 0 Å². The van der Waals surface area contributed by atoms with E-state index in [9.17, 15) is 18.8 Å². The van der Waals surface area contributed by atoms with Gasteiger partial charge in [0.05, 0.1) is 6.04 Å². The molecule has 6 atom stereocenters. The minimum Gasteiger partial charge on any atom is -0.361 e. The fraction of sp³-hybridized carbons (Fsp3) is 0.686. The van der Waals surface area contributed by atoms with Gasteiger partial charge < -0.3 is 15.2 Å². The number of likely N-dealkylation sites (tertiary alicyclic amines) is 1. The summed E-state index contributed by atoms with van der Waals surface area (Å²) in [5, 5.41) is 4.08. The molecule has 3 aliphatic carbocycles. The van der Waals surface area contributed by atoms with Crippen LogP contribution in [0.2, 0.25) is 0 Å². The van der Waals surface area contributed by atoms with Crippen LogP contribution < -0.4 is 5.32 Å². The second-order valence-electron chi connectivity index (χ2n) is 13.9. The summed E-state index contributed by atoms with van der Waals surface area (Å²) in [6.07, 6.45) is 14.3. The Morgan fingerprint density at radius 1 is 1.07 bits per heavy atom. The second-order valence-corrected chi connectivity index (χ2v) is 13.9. The van der Waals surface area contributed by atoms with Gasteiger partial charge in [-0.25, -0.2) is 4.39 Å². The van der Waals surface area contributed by atoms with Gasteiger partial charge in [0.2, 0.25) is 5.91 Å². The molecule has 0 radical (unpaired) electrons. The number of carbonyl (C=O) groups is 3. The third kappa shape index (κ3) is 6.09. The predicted molar refractivity (Wildman–Crippen MR) is 163 cm³/mol. The summed E-state index contributed by atoms with van der Waals surface area (Å²) in [7, 11) is 1.81. The van der Waals surface area contributed by atoms with Crippen molar-refractivity contribution in [1.82, 2.24) is 15.2 Å². The Labute approximate surface area is 249 Å². The van der Waals surface area contributed by atoms with Crippen LogP contribution in [-0.2, 0) is 14.4 Å². The molecule has 6 unspecified atom stereocenters. The lowest BCUT2D eigenvalue weighted by molar-refractivity contribution is -0.141. The van der Waals surface area contributed by atoms with E-state index in [1.807, 2.05) is 26.2 Å². The van der Waals surface area contributed by atoms with E-state index in [4.69, 9.17) is 0 Å². The average Bonchev–Trinajstić information content (AvgIpc) is 3.64. The van der Waals surface area contributed by atoms with Crippen molar-refractivity contribution in [3.8, 4) is 0 Å². The summed E-state index contributed by atoms with van der Waals surface area (Å²) in [5.74, 6) is 1.83. The van der Waals surface area contributed by atoms with Crippen LogP contribution in [0.5, 0.6) is 0 Å². The Hall–Kier alpha value is -2.54. The van der Waals surface area contributed by atoms with Crippen LogP contribution in [0.1, 0.15) is 102 Å². The standard InChI is InChI=1S/C35H48FN3O3/c1-21(37-2)32(40)13-12-27(23-6-4-3-5-7-23)35(42)39-15-14-25-16-22(18-33(41)24-8-9-24)17-29(34(25)39)30-20-38-31-19-26(36)10-11-28(30)31/h10-11,19-25,27,29,34,37-38H,3-9,12-18H2,1-2H3. The van der Waals surface area contributed by atoms with Crippen LogP contribution in [0.4, 0.5) is 4.39 Å². The van der Waals surface area contributed by atoms with Crippen molar-refractivity contribution in [3.63, 3.8) is 0 Å². The van der Waals surface area contributed by atoms with Gasteiger partial charge in [-0.1, -0.05) is 19.3 Å². The maximum Gasteiger partial charge on any atom is 0.226 e. The number of aromatic amines is 1. The van der Waals surface area contributed by atoms with E-state index < -0.39 is 0 Å². The number of nitrogens with zero attached hydrogens (tertiary/aromatic N) is 1. The summed E-state index contributed by atoms with van der Waals surface area (Å²) in [6, 6.07) is 4.81. The first kappa shape index (κ1) is 29.5. The van der Waals surface area contributed by atoms with Crippen LogP contribution in [0.3, 0.4) is 0 Å². The number of benzene rings is 1. The van der Waals surface area contributed by atoms with Crippen molar-refractivity contribution in [2.45, 2.75) is 108 Å². The van der Waals surface area contributed by atoms with Gasteiger partial charge in [-0.3, -0.25) is 14.4 Å². The van der Waals surface area contributed by atoms with Crippen LogP contribution in [0, 0.1) is 35.4 Å². The number of ketones is 2. The van der Waals surface area contributed by atoms with Gasteiger partial charge in [0.1, 0.15) is 17.4 Å². The minimum absolute atomic E-state index is 0.0758. The number of rotatable bonds is 11. The fourth-order valence-corrected chi connectivity index (χ4v) is 8.71. The lowest BCUT2D eigenvalue weighted by Crippen LogP contribution is -2.48. The van der Waals surface area contributed by atoms with Crippen molar-refractivity contribution < 1.29 is 18.8 Å². The highest BCUT2D eigenvalue weighted by Gasteiger charge is 2.49. The summed E-state index contributed by atoms with van der Waals surface area (Å²) < 4.78 is 14.1. The van der Waals surface area contributed by atoms with Gasteiger partial charge in [0, 0.05) is 60.3 Å². The molecule has 2 heterocycles. The molecule has 3 saturated carbocycles. The zero-order valence-electron chi connectivity index (χ0n) is 25.4.